The first-order chi connectivity index (χ1) is 9.83. The molecule has 20 heavy (non-hydrogen) atoms. The largest absolute Gasteiger partial charge is 0.340 e. The Bertz CT molecular complexity index is 600. The highest BCUT2D eigenvalue weighted by atomic mass is 32.2. The van der Waals surface area contributed by atoms with Crippen LogP contribution >= 0.6 is 11.8 Å². The van der Waals surface area contributed by atoms with Gasteiger partial charge < -0.3 is 4.84 Å². The van der Waals surface area contributed by atoms with Gasteiger partial charge in [0.1, 0.15) is 5.88 Å². The summed E-state index contributed by atoms with van der Waals surface area (Å²) in [5, 5.41) is 1.67. The summed E-state index contributed by atoms with van der Waals surface area (Å²) in [5.74, 6) is 0.474. The highest BCUT2D eigenvalue weighted by molar-refractivity contribution is 7.99. The molecule has 0 atom stereocenters. The average molecular weight is 285 g/mol. The molecule has 0 spiro atoms. The fourth-order valence-corrected chi connectivity index (χ4v) is 3.06. The third kappa shape index (κ3) is 2.96. The summed E-state index contributed by atoms with van der Waals surface area (Å²) in [7, 11) is 0. The van der Waals surface area contributed by atoms with Crippen molar-refractivity contribution in [1.82, 2.24) is 0 Å². The molecule has 1 aliphatic rings. The first-order valence-electron chi connectivity index (χ1n) is 6.57. The maximum atomic E-state index is 11.9. The Labute approximate surface area is 122 Å². The van der Waals surface area contributed by atoms with Crippen molar-refractivity contribution in [2.75, 3.05) is 10.9 Å². The minimum atomic E-state index is -0.189. The van der Waals surface area contributed by atoms with Crippen molar-refractivity contribution >= 4 is 23.4 Å². The van der Waals surface area contributed by atoms with Crippen molar-refractivity contribution in [2.45, 2.75) is 17.7 Å². The lowest BCUT2D eigenvalue weighted by Crippen LogP contribution is -2.24. The van der Waals surface area contributed by atoms with E-state index in [4.69, 9.17) is 4.84 Å². The van der Waals surface area contributed by atoms with Gasteiger partial charge in [-0.2, -0.15) is 5.06 Å². The van der Waals surface area contributed by atoms with Crippen LogP contribution < -0.4 is 5.06 Å². The lowest BCUT2D eigenvalue weighted by molar-refractivity contribution is -0.144. The van der Waals surface area contributed by atoms with Crippen LogP contribution in [-0.2, 0) is 16.1 Å². The zero-order chi connectivity index (χ0) is 13.8. The van der Waals surface area contributed by atoms with E-state index in [0.717, 1.165) is 16.1 Å². The molecule has 0 aliphatic carbocycles. The molecule has 0 unspecified atom stereocenters. The van der Waals surface area contributed by atoms with Crippen LogP contribution in [-0.4, -0.2) is 11.8 Å². The Balaban J connectivity index is 1.55. The molecule has 0 bridgehead atoms. The zero-order valence-electron chi connectivity index (χ0n) is 11.0. The molecule has 0 aromatic heterocycles. The third-order valence-corrected chi connectivity index (χ3v) is 4.16. The molecule has 4 heteroatoms. The average Bonchev–Trinajstić information content (AvgIpc) is 2.90. The standard InChI is InChI=1S/C16H15NO2S/c18-16(11-10-13-6-2-1-3-7-13)19-17-12-20-15-9-5-4-8-14(15)17/h1-9H,10-12H2. The molecule has 0 radical (unpaired) electrons. The highest BCUT2D eigenvalue weighted by Gasteiger charge is 2.22. The SMILES string of the molecule is O=C(CCc1ccccc1)ON1CSc2ccccc21. The summed E-state index contributed by atoms with van der Waals surface area (Å²) < 4.78 is 0. The van der Waals surface area contributed by atoms with Crippen LogP contribution in [0.3, 0.4) is 0 Å². The van der Waals surface area contributed by atoms with E-state index >= 15 is 0 Å². The molecule has 0 N–H and O–H groups in total. The molecule has 3 nitrogen and oxygen atoms in total. The van der Waals surface area contributed by atoms with Gasteiger partial charge in [-0.1, -0.05) is 54.2 Å². The maximum Gasteiger partial charge on any atom is 0.332 e. The van der Waals surface area contributed by atoms with E-state index in [1.54, 1.807) is 16.8 Å². The van der Waals surface area contributed by atoms with Gasteiger partial charge >= 0.3 is 5.97 Å². The molecular weight excluding hydrogens is 270 g/mol. The molecule has 2 aromatic rings. The van der Waals surface area contributed by atoms with Crippen LogP contribution in [0.25, 0.3) is 0 Å². The highest BCUT2D eigenvalue weighted by Crippen LogP contribution is 2.38. The number of anilines is 1. The van der Waals surface area contributed by atoms with E-state index in [1.807, 2.05) is 54.6 Å². The molecular formula is C16H15NO2S. The summed E-state index contributed by atoms with van der Waals surface area (Å²) in [6.45, 7) is 0. The second kappa shape index (κ2) is 6.01. The van der Waals surface area contributed by atoms with E-state index in [-0.39, 0.29) is 5.97 Å². The third-order valence-electron chi connectivity index (χ3n) is 3.14. The van der Waals surface area contributed by atoms with E-state index in [0.29, 0.717) is 18.7 Å². The number of para-hydroxylation sites is 1. The van der Waals surface area contributed by atoms with Gasteiger partial charge in [0.25, 0.3) is 0 Å². The normalized spacial score (nSPS) is 13.1. The zero-order valence-corrected chi connectivity index (χ0v) is 11.8. The van der Waals surface area contributed by atoms with Gasteiger partial charge in [0, 0.05) is 4.90 Å². The van der Waals surface area contributed by atoms with Gasteiger partial charge in [0.2, 0.25) is 0 Å². The smallest absolute Gasteiger partial charge is 0.332 e. The number of carbonyl (C=O) groups excluding carboxylic acids is 1. The van der Waals surface area contributed by atoms with Crippen LogP contribution in [0.5, 0.6) is 0 Å². The number of hydrogen-bond acceptors (Lipinski definition) is 4. The molecule has 2 aromatic carbocycles. The van der Waals surface area contributed by atoms with Gasteiger partial charge in [0.15, 0.2) is 0 Å². The van der Waals surface area contributed by atoms with Crippen molar-refractivity contribution in [1.29, 1.82) is 0 Å². The van der Waals surface area contributed by atoms with Crippen LogP contribution in [0.4, 0.5) is 5.69 Å². The Morgan fingerprint density at radius 2 is 1.85 bits per heavy atom. The summed E-state index contributed by atoms with van der Waals surface area (Å²) in [6, 6.07) is 17.9. The van der Waals surface area contributed by atoms with Crippen molar-refractivity contribution in [2.24, 2.45) is 0 Å². The predicted molar refractivity (Wildman–Crippen MR) is 80.5 cm³/mol. The van der Waals surface area contributed by atoms with Crippen molar-refractivity contribution in [3.8, 4) is 0 Å². The minimum absolute atomic E-state index is 0.189. The Hall–Kier alpha value is -1.94. The molecule has 1 heterocycles. The summed E-state index contributed by atoms with van der Waals surface area (Å²) >= 11 is 1.68. The number of hydroxylamine groups is 1. The molecule has 3 rings (SSSR count). The number of fused-ring (bicyclic) bond motifs is 1. The van der Waals surface area contributed by atoms with Crippen LogP contribution in [0.2, 0.25) is 0 Å². The van der Waals surface area contributed by atoms with Gasteiger partial charge in [-0.05, 0) is 24.1 Å². The van der Waals surface area contributed by atoms with Crippen LogP contribution in [0.15, 0.2) is 59.5 Å². The number of nitrogens with zero attached hydrogens (tertiary/aromatic N) is 1. The van der Waals surface area contributed by atoms with Crippen LogP contribution in [0, 0.1) is 0 Å². The molecule has 0 amide bonds. The first kappa shape index (κ1) is 13.1. The van der Waals surface area contributed by atoms with Gasteiger partial charge in [-0.3, -0.25) is 0 Å². The molecule has 102 valence electrons. The van der Waals surface area contributed by atoms with Gasteiger partial charge in [-0.25, -0.2) is 4.79 Å². The second-order valence-corrected chi connectivity index (χ2v) is 5.56. The monoisotopic (exact) mass is 285 g/mol. The molecule has 0 saturated carbocycles. The Morgan fingerprint density at radius 1 is 1.10 bits per heavy atom. The second-order valence-electron chi connectivity index (χ2n) is 4.57. The van der Waals surface area contributed by atoms with E-state index < -0.39 is 0 Å². The number of carbonyl (C=O) groups is 1. The fourth-order valence-electron chi connectivity index (χ4n) is 2.12. The van der Waals surface area contributed by atoms with Gasteiger partial charge in [0.05, 0.1) is 12.1 Å². The van der Waals surface area contributed by atoms with Crippen molar-refractivity contribution in [3.63, 3.8) is 0 Å². The Kier molecular flexibility index (Phi) is 3.92. The topological polar surface area (TPSA) is 29.5 Å². The van der Waals surface area contributed by atoms with Crippen molar-refractivity contribution in [3.05, 3.63) is 60.2 Å². The van der Waals surface area contributed by atoms with E-state index in [1.165, 1.54) is 0 Å². The lowest BCUT2D eigenvalue weighted by atomic mass is 10.1. The number of thioether (sulfide) groups is 1. The number of hydrogen-bond donors (Lipinski definition) is 0. The summed E-state index contributed by atoms with van der Waals surface area (Å²) in [4.78, 5) is 18.5. The number of aryl methyl sites for hydroxylation is 1. The van der Waals surface area contributed by atoms with E-state index in [9.17, 15) is 4.79 Å². The van der Waals surface area contributed by atoms with Crippen molar-refractivity contribution < 1.29 is 9.63 Å². The molecule has 1 aliphatic heterocycles. The molecule has 0 saturated heterocycles. The molecule has 0 fully saturated rings. The maximum absolute atomic E-state index is 11.9. The van der Waals surface area contributed by atoms with Crippen LogP contribution in [0.1, 0.15) is 12.0 Å². The lowest BCUT2D eigenvalue weighted by Gasteiger charge is -2.17. The number of rotatable bonds is 4. The minimum Gasteiger partial charge on any atom is -0.340 e. The number of benzene rings is 2. The predicted octanol–water partition coefficient (Wildman–Crippen LogP) is 3.65. The van der Waals surface area contributed by atoms with E-state index in [2.05, 4.69) is 0 Å². The quantitative estimate of drug-likeness (QED) is 0.857. The summed E-state index contributed by atoms with van der Waals surface area (Å²) in [5.41, 5.74) is 2.13. The Morgan fingerprint density at radius 3 is 2.70 bits per heavy atom. The fraction of sp³-hybridized carbons (Fsp3) is 0.188. The van der Waals surface area contributed by atoms with Gasteiger partial charge in [-0.15, -0.1) is 0 Å². The first-order valence-corrected chi connectivity index (χ1v) is 7.55. The summed E-state index contributed by atoms with van der Waals surface area (Å²) in [6.07, 6.45) is 1.11.